The van der Waals surface area contributed by atoms with Crippen molar-refractivity contribution in [3.05, 3.63) is 48.0 Å². The largest absolute Gasteiger partial charge is 0.490 e. The number of hydrogen-bond acceptors (Lipinski definition) is 5. The summed E-state index contributed by atoms with van der Waals surface area (Å²) in [5, 5.41) is 11.1. The predicted octanol–water partition coefficient (Wildman–Crippen LogP) is 5.12. The second kappa shape index (κ2) is 10.1. The van der Waals surface area contributed by atoms with Gasteiger partial charge in [0.2, 0.25) is 0 Å². The van der Waals surface area contributed by atoms with E-state index in [4.69, 9.17) is 9.47 Å². The summed E-state index contributed by atoms with van der Waals surface area (Å²) in [5.74, 6) is 0.811. The Bertz CT molecular complexity index is 1380. The molecule has 0 spiro atoms. The van der Waals surface area contributed by atoms with Crippen LogP contribution in [0.1, 0.15) is 57.6 Å². The van der Waals surface area contributed by atoms with Gasteiger partial charge in [-0.15, -0.1) is 0 Å². The molecule has 2 aromatic carbocycles. The van der Waals surface area contributed by atoms with E-state index in [-0.39, 0.29) is 12.1 Å². The van der Waals surface area contributed by atoms with Crippen LogP contribution in [-0.4, -0.2) is 38.3 Å². The highest BCUT2D eigenvalue weighted by Crippen LogP contribution is 2.43. The highest BCUT2D eigenvalue weighted by atomic mass is 32.2. The lowest BCUT2D eigenvalue weighted by Gasteiger charge is -2.30. The van der Waals surface area contributed by atoms with Crippen molar-refractivity contribution in [3.63, 3.8) is 0 Å². The standard InChI is InChI=1S/C27H32N4O4S/c1-18(2)29-36(32,33)30-20-8-6-19(7-9-20)27-25(17-28)24-11-10-23(35-22-12-14-34-15-13-22)16-26(24)31(27)21-4-3-5-21/h6-11,16,18,21-22,29-30H,3-5,12-15H2,1-2H3. The van der Waals surface area contributed by atoms with Gasteiger partial charge < -0.3 is 14.0 Å². The number of aromatic nitrogens is 1. The van der Waals surface area contributed by atoms with Gasteiger partial charge in [-0.3, -0.25) is 4.72 Å². The minimum Gasteiger partial charge on any atom is -0.490 e. The van der Waals surface area contributed by atoms with Gasteiger partial charge in [0.1, 0.15) is 17.9 Å². The molecule has 9 heteroatoms. The topological polar surface area (TPSA) is 105 Å². The molecule has 0 amide bonds. The normalized spacial score (nSPS) is 17.2. The van der Waals surface area contributed by atoms with Crippen molar-refractivity contribution >= 4 is 26.8 Å². The van der Waals surface area contributed by atoms with E-state index in [0.29, 0.717) is 30.5 Å². The lowest BCUT2D eigenvalue weighted by Crippen LogP contribution is -2.35. The Labute approximate surface area is 212 Å². The first-order valence-corrected chi connectivity index (χ1v) is 14.1. The molecular weight excluding hydrogens is 476 g/mol. The van der Waals surface area contributed by atoms with Gasteiger partial charge in [-0.2, -0.15) is 18.4 Å². The van der Waals surface area contributed by atoms with Crippen LogP contribution in [0.3, 0.4) is 0 Å². The SMILES string of the molecule is CC(C)NS(=O)(=O)Nc1ccc(-c2c(C#N)c3ccc(OC4CCOCC4)cc3n2C2CCC2)cc1. The Morgan fingerprint density at radius 3 is 2.42 bits per heavy atom. The number of nitrogens with one attached hydrogen (secondary N) is 2. The first kappa shape index (κ1) is 24.6. The maximum Gasteiger partial charge on any atom is 0.299 e. The Kier molecular flexibility index (Phi) is 6.93. The molecule has 2 aliphatic rings. The molecule has 1 aliphatic carbocycles. The number of benzene rings is 2. The Balaban J connectivity index is 1.53. The van der Waals surface area contributed by atoms with Crippen LogP contribution in [0.2, 0.25) is 0 Å². The van der Waals surface area contributed by atoms with Gasteiger partial charge >= 0.3 is 0 Å². The molecule has 2 fully saturated rings. The maximum atomic E-state index is 12.3. The zero-order valence-corrected chi connectivity index (χ0v) is 21.5. The molecule has 0 atom stereocenters. The molecule has 1 saturated carbocycles. The molecule has 1 saturated heterocycles. The van der Waals surface area contributed by atoms with Crippen LogP contribution in [0, 0.1) is 11.3 Å². The first-order chi connectivity index (χ1) is 17.3. The number of hydrogen-bond donors (Lipinski definition) is 2. The number of anilines is 1. The first-order valence-electron chi connectivity index (χ1n) is 12.6. The fourth-order valence-electron chi connectivity index (χ4n) is 4.96. The molecule has 1 aliphatic heterocycles. The van der Waals surface area contributed by atoms with Crippen LogP contribution >= 0.6 is 0 Å². The van der Waals surface area contributed by atoms with E-state index < -0.39 is 10.2 Å². The summed E-state index contributed by atoms with van der Waals surface area (Å²) in [6.45, 7) is 4.97. The quantitative estimate of drug-likeness (QED) is 0.440. The summed E-state index contributed by atoms with van der Waals surface area (Å²) in [6, 6.07) is 15.8. The van der Waals surface area contributed by atoms with Crippen molar-refractivity contribution in [1.29, 1.82) is 5.26 Å². The Hall–Kier alpha value is -3.06. The van der Waals surface area contributed by atoms with E-state index in [9.17, 15) is 13.7 Å². The monoisotopic (exact) mass is 508 g/mol. The fourth-order valence-corrected chi connectivity index (χ4v) is 6.09. The summed E-state index contributed by atoms with van der Waals surface area (Å²) in [5.41, 5.74) is 3.84. The molecule has 8 nitrogen and oxygen atoms in total. The molecule has 190 valence electrons. The van der Waals surface area contributed by atoms with Crippen LogP contribution < -0.4 is 14.2 Å². The van der Waals surface area contributed by atoms with Gasteiger partial charge in [-0.1, -0.05) is 12.1 Å². The van der Waals surface area contributed by atoms with Crippen molar-refractivity contribution in [2.45, 2.75) is 64.1 Å². The zero-order chi connectivity index (χ0) is 25.3. The maximum absolute atomic E-state index is 12.3. The molecule has 36 heavy (non-hydrogen) atoms. The van der Waals surface area contributed by atoms with Gasteiger partial charge in [0, 0.05) is 42.1 Å². The molecular formula is C27H32N4O4S. The minimum atomic E-state index is -3.66. The molecule has 0 unspecified atom stereocenters. The number of ether oxygens (including phenoxy) is 2. The lowest BCUT2D eigenvalue weighted by molar-refractivity contribution is 0.0256. The highest BCUT2D eigenvalue weighted by molar-refractivity contribution is 7.90. The van der Waals surface area contributed by atoms with Gasteiger partial charge in [-0.05, 0) is 62.9 Å². The average Bonchev–Trinajstić information content (AvgIpc) is 3.11. The van der Waals surface area contributed by atoms with Gasteiger partial charge in [0.15, 0.2) is 0 Å². The highest BCUT2D eigenvalue weighted by Gasteiger charge is 2.28. The van der Waals surface area contributed by atoms with Crippen LogP contribution in [0.4, 0.5) is 5.69 Å². The molecule has 0 radical (unpaired) electrons. The lowest BCUT2D eigenvalue weighted by atomic mass is 9.92. The van der Waals surface area contributed by atoms with Crippen LogP contribution in [0.15, 0.2) is 42.5 Å². The predicted molar refractivity (Wildman–Crippen MR) is 140 cm³/mol. The minimum absolute atomic E-state index is 0.139. The molecule has 2 heterocycles. The van der Waals surface area contributed by atoms with E-state index in [1.165, 1.54) is 0 Å². The molecule has 2 N–H and O–H groups in total. The Morgan fingerprint density at radius 1 is 1.08 bits per heavy atom. The van der Waals surface area contributed by atoms with E-state index in [1.807, 2.05) is 24.3 Å². The van der Waals surface area contributed by atoms with Crippen LogP contribution in [0.5, 0.6) is 5.75 Å². The number of rotatable bonds is 8. The van der Waals surface area contributed by atoms with Crippen LogP contribution in [-0.2, 0) is 14.9 Å². The smallest absolute Gasteiger partial charge is 0.299 e. The molecule has 5 rings (SSSR count). The molecule has 0 bridgehead atoms. The van der Waals surface area contributed by atoms with E-state index in [1.54, 1.807) is 26.0 Å². The molecule has 3 aromatic rings. The second-order valence-electron chi connectivity index (χ2n) is 9.85. The third-order valence-corrected chi connectivity index (χ3v) is 8.09. The van der Waals surface area contributed by atoms with Crippen molar-refractivity contribution in [2.75, 3.05) is 17.9 Å². The second-order valence-corrected chi connectivity index (χ2v) is 11.3. The number of fused-ring (bicyclic) bond motifs is 1. The third-order valence-electron chi connectivity index (χ3n) is 6.80. The fraction of sp³-hybridized carbons (Fsp3) is 0.444. The van der Waals surface area contributed by atoms with E-state index >= 15 is 0 Å². The van der Waals surface area contributed by atoms with Crippen molar-refractivity contribution in [3.8, 4) is 23.1 Å². The van der Waals surface area contributed by atoms with Gasteiger partial charge in [-0.25, -0.2) is 0 Å². The summed E-state index contributed by atoms with van der Waals surface area (Å²) in [7, 11) is -3.66. The van der Waals surface area contributed by atoms with Gasteiger partial charge in [0.25, 0.3) is 10.2 Å². The van der Waals surface area contributed by atoms with Crippen molar-refractivity contribution in [1.82, 2.24) is 9.29 Å². The zero-order valence-electron chi connectivity index (χ0n) is 20.7. The van der Waals surface area contributed by atoms with Crippen LogP contribution in [0.25, 0.3) is 22.2 Å². The van der Waals surface area contributed by atoms with Crippen molar-refractivity contribution in [2.24, 2.45) is 0 Å². The molecule has 1 aromatic heterocycles. The van der Waals surface area contributed by atoms with E-state index in [0.717, 1.165) is 60.0 Å². The summed E-state index contributed by atoms with van der Waals surface area (Å²) in [6.07, 6.45) is 5.17. The average molecular weight is 509 g/mol. The van der Waals surface area contributed by atoms with Gasteiger partial charge in [0.05, 0.1) is 30.0 Å². The van der Waals surface area contributed by atoms with Crippen molar-refractivity contribution < 1.29 is 17.9 Å². The number of nitrogens with zero attached hydrogens (tertiary/aromatic N) is 2. The third kappa shape index (κ3) is 5.07. The summed E-state index contributed by atoms with van der Waals surface area (Å²) in [4.78, 5) is 0. The summed E-state index contributed by atoms with van der Waals surface area (Å²) >= 11 is 0. The Morgan fingerprint density at radius 2 is 1.81 bits per heavy atom. The summed E-state index contributed by atoms with van der Waals surface area (Å²) < 4.78 is 43.6. The van der Waals surface area contributed by atoms with E-state index in [2.05, 4.69) is 26.1 Å². The number of nitriles is 1.